The van der Waals surface area contributed by atoms with Crippen LogP contribution in [0.15, 0.2) is 16.3 Å². The molecule has 1 N–H and O–H groups in total. The number of amides is 1. The summed E-state index contributed by atoms with van der Waals surface area (Å²) < 4.78 is 27.2. The van der Waals surface area contributed by atoms with Crippen LogP contribution in [0.1, 0.15) is 39.5 Å². The van der Waals surface area contributed by atoms with Gasteiger partial charge in [0, 0.05) is 30.4 Å². The first kappa shape index (κ1) is 18.1. The number of hydrogen-bond acceptors (Lipinski definition) is 4. The van der Waals surface area contributed by atoms with Crippen LogP contribution in [0, 0.1) is 0 Å². The highest BCUT2D eigenvalue weighted by Gasteiger charge is 2.24. The van der Waals surface area contributed by atoms with Gasteiger partial charge in [-0.15, -0.1) is 11.3 Å². The van der Waals surface area contributed by atoms with Crippen LogP contribution < -0.4 is 4.72 Å². The fourth-order valence-corrected chi connectivity index (χ4v) is 4.38. The lowest BCUT2D eigenvalue weighted by atomic mass is 10.1. The average Bonchev–Trinajstić information content (AvgIpc) is 2.82. The summed E-state index contributed by atoms with van der Waals surface area (Å²) in [5, 5.41) is 0. The smallest absolute Gasteiger partial charge is 0.250 e. The topological polar surface area (TPSA) is 66.5 Å². The molecule has 0 atom stereocenters. The van der Waals surface area contributed by atoms with Gasteiger partial charge < -0.3 is 4.90 Å². The Hall–Kier alpha value is -0.920. The number of aryl methyl sites for hydroxylation is 1. The van der Waals surface area contributed by atoms with Gasteiger partial charge in [-0.1, -0.05) is 6.92 Å². The summed E-state index contributed by atoms with van der Waals surface area (Å²) in [5.74, 6) is -0.0638. The average molecular weight is 332 g/mol. The minimum Gasteiger partial charge on any atom is -0.337 e. The van der Waals surface area contributed by atoms with E-state index in [9.17, 15) is 13.2 Å². The van der Waals surface area contributed by atoms with E-state index in [1.807, 2.05) is 33.8 Å². The van der Waals surface area contributed by atoms with E-state index in [-0.39, 0.29) is 18.0 Å². The SMILES string of the molecule is CCc1ccc(S(=O)(=O)NCCN(C(C)=O)C(C)(C)C)s1. The Kier molecular flexibility index (Phi) is 5.95. The molecule has 1 aromatic heterocycles. The highest BCUT2D eigenvalue weighted by molar-refractivity contribution is 7.91. The summed E-state index contributed by atoms with van der Waals surface area (Å²) in [4.78, 5) is 14.3. The van der Waals surface area contributed by atoms with Gasteiger partial charge in [-0.2, -0.15) is 0 Å². The number of rotatable bonds is 6. The van der Waals surface area contributed by atoms with E-state index in [0.29, 0.717) is 10.8 Å². The molecule has 7 heteroatoms. The van der Waals surface area contributed by atoms with Gasteiger partial charge >= 0.3 is 0 Å². The van der Waals surface area contributed by atoms with Crippen LogP contribution in [0.5, 0.6) is 0 Å². The van der Waals surface area contributed by atoms with E-state index >= 15 is 0 Å². The van der Waals surface area contributed by atoms with Crippen LogP contribution in [0.25, 0.3) is 0 Å². The van der Waals surface area contributed by atoms with Crippen molar-refractivity contribution >= 4 is 27.3 Å². The lowest BCUT2D eigenvalue weighted by Crippen LogP contribution is -2.48. The first-order chi connectivity index (χ1) is 9.58. The van der Waals surface area contributed by atoms with Gasteiger partial charge in [0.15, 0.2) is 0 Å². The second kappa shape index (κ2) is 6.89. The Labute approximate surface area is 131 Å². The molecule has 0 aliphatic carbocycles. The molecule has 0 unspecified atom stereocenters. The van der Waals surface area contributed by atoms with Crippen molar-refractivity contribution in [3.05, 3.63) is 17.0 Å². The normalized spacial score (nSPS) is 12.4. The number of sulfonamides is 1. The molecule has 5 nitrogen and oxygen atoms in total. The first-order valence-corrected chi connectivity index (χ1v) is 9.24. The highest BCUT2D eigenvalue weighted by atomic mass is 32.2. The van der Waals surface area contributed by atoms with E-state index in [2.05, 4.69) is 4.72 Å². The second-order valence-corrected chi connectivity index (χ2v) is 8.98. The minimum absolute atomic E-state index is 0.0638. The molecule has 1 amide bonds. The zero-order valence-electron chi connectivity index (χ0n) is 13.3. The van der Waals surface area contributed by atoms with E-state index in [1.54, 1.807) is 11.0 Å². The van der Waals surface area contributed by atoms with E-state index in [4.69, 9.17) is 0 Å². The number of carbonyl (C=O) groups is 1. The minimum atomic E-state index is -3.49. The zero-order chi connectivity index (χ0) is 16.3. The molecule has 0 aliphatic rings. The second-order valence-electron chi connectivity index (χ2n) is 5.81. The fourth-order valence-electron chi connectivity index (χ4n) is 2.02. The van der Waals surface area contributed by atoms with Crippen LogP contribution in [0.3, 0.4) is 0 Å². The van der Waals surface area contributed by atoms with Crippen LogP contribution in [0.2, 0.25) is 0 Å². The lowest BCUT2D eigenvalue weighted by Gasteiger charge is -2.34. The van der Waals surface area contributed by atoms with Gasteiger partial charge in [-0.05, 0) is 39.3 Å². The van der Waals surface area contributed by atoms with Crippen molar-refractivity contribution in [2.75, 3.05) is 13.1 Å². The fraction of sp³-hybridized carbons (Fsp3) is 0.643. The predicted molar refractivity (Wildman–Crippen MR) is 86.0 cm³/mol. The van der Waals surface area contributed by atoms with Gasteiger partial charge in [-0.3, -0.25) is 4.79 Å². The Morgan fingerprint density at radius 2 is 1.95 bits per heavy atom. The van der Waals surface area contributed by atoms with Crippen molar-refractivity contribution in [3.63, 3.8) is 0 Å². The molecule has 0 aliphatic heterocycles. The summed E-state index contributed by atoms with van der Waals surface area (Å²) in [7, 11) is -3.49. The summed E-state index contributed by atoms with van der Waals surface area (Å²) >= 11 is 1.28. The van der Waals surface area contributed by atoms with Crippen molar-refractivity contribution in [2.45, 2.75) is 50.8 Å². The van der Waals surface area contributed by atoms with Gasteiger partial charge in [-0.25, -0.2) is 13.1 Å². The van der Waals surface area contributed by atoms with Crippen LogP contribution in [-0.2, 0) is 21.2 Å². The third-order valence-corrected chi connectivity index (χ3v) is 6.25. The predicted octanol–water partition coefficient (Wildman–Crippen LogP) is 2.24. The molecular weight excluding hydrogens is 308 g/mol. The molecule has 0 fully saturated rings. The highest BCUT2D eigenvalue weighted by Crippen LogP contribution is 2.21. The Bertz CT molecular complexity index is 586. The number of carbonyl (C=O) groups excluding carboxylic acids is 1. The van der Waals surface area contributed by atoms with Crippen molar-refractivity contribution in [3.8, 4) is 0 Å². The maximum Gasteiger partial charge on any atom is 0.250 e. The summed E-state index contributed by atoms with van der Waals surface area (Å²) in [6, 6.07) is 3.45. The number of thiophene rings is 1. The monoisotopic (exact) mass is 332 g/mol. The molecule has 120 valence electrons. The molecule has 0 radical (unpaired) electrons. The van der Waals surface area contributed by atoms with Crippen molar-refractivity contribution in [1.82, 2.24) is 9.62 Å². The van der Waals surface area contributed by atoms with Gasteiger partial charge in [0.2, 0.25) is 15.9 Å². The molecular formula is C14H24N2O3S2. The number of hydrogen-bond donors (Lipinski definition) is 1. The number of nitrogens with one attached hydrogen (secondary N) is 1. The Morgan fingerprint density at radius 1 is 1.33 bits per heavy atom. The first-order valence-electron chi connectivity index (χ1n) is 6.94. The lowest BCUT2D eigenvalue weighted by molar-refractivity contribution is -0.133. The molecule has 0 bridgehead atoms. The number of nitrogens with zero attached hydrogens (tertiary/aromatic N) is 1. The van der Waals surface area contributed by atoms with Crippen LogP contribution in [0.4, 0.5) is 0 Å². The summed E-state index contributed by atoms with van der Waals surface area (Å²) in [6.07, 6.45) is 0.822. The molecule has 1 aromatic rings. The third-order valence-electron chi connectivity index (χ3n) is 3.07. The van der Waals surface area contributed by atoms with E-state index in [0.717, 1.165) is 11.3 Å². The Balaban J connectivity index is 2.67. The molecule has 21 heavy (non-hydrogen) atoms. The standard InChI is InChI=1S/C14H24N2O3S2/c1-6-12-7-8-13(20-12)21(18,19)15-9-10-16(11(2)17)14(3,4)5/h7-8,15H,6,9-10H2,1-5H3. The summed E-state index contributed by atoms with van der Waals surface area (Å²) in [5.41, 5.74) is -0.324. The third kappa shape index (κ3) is 5.09. The molecule has 0 spiro atoms. The van der Waals surface area contributed by atoms with E-state index < -0.39 is 10.0 Å². The van der Waals surface area contributed by atoms with Gasteiger partial charge in [0.25, 0.3) is 0 Å². The van der Waals surface area contributed by atoms with Crippen molar-refractivity contribution in [1.29, 1.82) is 0 Å². The summed E-state index contributed by atoms with van der Waals surface area (Å²) in [6.45, 7) is 9.82. The Morgan fingerprint density at radius 3 is 2.38 bits per heavy atom. The molecule has 0 saturated carbocycles. The van der Waals surface area contributed by atoms with E-state index in [1.165, 1.54) is 18.3 Å². The molecule has 0 saturated heterocycles. The maximum atomic E-state index is 12.2. The maximum absolute atomic E-state index is 12.2. The molecule has 0 aromatic carbocycles. The zero-order valence-corrected chi connectivity index (χ0v) is 14.9. The van der Waals surface area contributed by atoms with Crippen LogP contribution >= 0.6 is 11.3 Å². The molecule has 1 rings (SSSR count). The van der Waals surface area contributed by atoms with Crippen molar-refractivity contribution in [2.24, 2.45) is 0 Å². The van der Waals surface area contributed by atoms with Crippen LogP contribution in [-0.4, -0.2) is 37.9 Å². The largest absolute Gasteiger partial charge is 0.337 e. The quantitative estimate of drug-likeness (QED) is 0.869. The van der Waals surface area contributed by atoms with Crippen molar-refractivity contribution < 1.29 is 13.2 Å². The van der Waals surface area contributed by atoms with Gasteiger partial charge in [0.05, 0.1) is 0 Å². The molecule has 1 heterocycles. The van der Waals surface area contributed by atoms with Gasteiger partial charge in [0.1, 0.15) is 4.21 Å².